The van der Waals surface area contributed by atoms with Gasteiger partial charge in [0, 0.05) is 18.5 Å². The first kappa shape index (κ1) is 18.2. The zero-order chi connectivity index (χ0) is 18.9. The number of para-hydroxylation sites is 1. The molecule has 3 aromatic rings. The number of hydrogen-bond acceptors (Lipinski definition) is 4. The molecule has 2 N–H and O–H groups in total. The predicted octanol–water partition coefficient (Wildman–Crippen LogP) is 3.96. The van der Waals surface area contributed by atoms with Crippen LogP contribution in [0.2, 0.25) is 5.02 Å². The minimum absolute atomic E-state index is 0.0750. The van der Waals surface area contributed by atoms with Gasteiger partial charge in [-0.25, -0.2) is 8.42 Å². The molecule has 0 aliphatic rings. The highest BCUT2D eigenvalue weighted by Crippen LogP contribution is 2.28. The number of fused-ring (bicyclic) bond motifs is 1. The lowest BCUT2D eigenvalue weighted by atomic mass is 10.2. The van der Waals surface area contributed by atoms with Gasteiger partial charge in [0.15, 0.2) is 0 Å². The number of sulfonamides is 1. The fraction of sp³-hybridized carbons (Fsp3) is 0.111. The van der Waals surface area contributed by atoms with Crippen LogP contribution in [0.5, 0.6) is 0 Å². The first-order valence-corrected chi connectivity index (χ1v) is 9.58. The Labute approximate surface area is 156 Å². The smallest absolute Gasteiger partial charge is 0.264 e. The van der Waals surface area contributed by atoms with Crippen molar-refractivity contribution in [2.24, 2.45) is 0 Å². The van der Waals surface area contributed by atoms with Gasteiger partial charge < -0.3 is 5.32 Å². The summed E-state index contributed by atoms with van der Waals surface area (Å²) in [5, 5.41) is 3.61. The molecule has 0 aliphatic carbocycles. The molecule has 3 rings (SSSR count). The van der Waals surface area contributed by atoms with E-state index in [1.54, 1.807) is 12.3 Å². The van der Waals surface area contributed by atoms with E-state index in [1.807, 2.05) is 19.1 Å². The topological polar surface area (TPSA) is 88.2 Å². The van der Waals surface area contributed by atoms with E-state index in [9.17, 15) is 13.2 Å². The normalized spacial score (nSPS) is 11.3. The predicted molar refractivity (Wildman–Crippen MR) is 103 cm³/mol. The van der Waals surface area contributed by atoms with Gasteiger partial charge in [0.1, 0.15) is 4.90 Å². The van der Waals surface area contributed by atoms with Gasteiger partial charge in [0.25, 0.3) is 10.0 Å². The fourth-order valence-corrected chi connectivity index (χ4v) is 3.94. The van der Waals surface area contributed by atoms with Gasteiger partial charge in [-0.2, -0.15) is 0 Å². The maximum absolute atomic E-state index is 12.8. The minimum atomic E-state index is -3.88. The average molecular weight is 390 g/mol. The van der Waals surface area contributed by atoms with E-state index < -0.39 is 10.0 Å². The quantitative estimate of drug-likeness (QED) is 0.707. The Morgan fingerprint density at radius 3 is 2.65 bits per heavy atom. The van der Waals surface area contributed by atoms with Crippen molar-refractivity contribution in [2.45, 2.75) is 18.7 Å². The Bertz CT molecular complexity index is 1110. The molecular weight excluding hydrogens is 374 g/mol. The van der Waals surface area contributed by atoms with Crippen LogP contribution in [0.15, 0.2) is 53.6 Å². The number of aryl methyl sites for hydroxylation is 1. The highest BCUT2D eigenvalue weighted by atomic mass is 35.5. The Balaban J connectivity index is 2.01. The molecule has 0 atom stereocenters. The molecule has 6 nitrogen and oxygen atoms in total. The van der Waals surface area contributed by atoms with Crippen LogP contribution in [0.4, 0.5) is 11.4 Å². The third-order valence-corrected chi connectivity index (χ3v) is 5.37. The number of hydrogen-bond donors (Lipinski definition) is 2. The fourth-order valence-electron chi connectivity index (χ4n) is 2.54. The van der Waals surface area contributed by atoms with Gasteiger partial charge in [0.2, 0.25) is 5.91 Å². The lowest BCUT2D eigenvalue weighted by molar-refractivity contribution is -0.114. The van der Waals surface area contributed by atoms with Crippen molar-refractivity contribution in [1.82, 2.24) is 4.98 Å². The molecular formula is C18H16ClN3O3S. The van der Waals surface area contributed by atoms with E-state index in [1.165, 1.54) is 31.2 Å². The van der Waals surface area contributed by atoms with Crippen LogP contribution in [-0.2, 0) is 14.8 Å². The number of rotatable bonds is 4. The summed E-state index contributed by atoms with van der Waals surface area (Å²) in [6.07, 6.45) is 1.62. The second kappa shape index (κ2) is 6.93. The molecule has 1 aromatic heterocycles. The SMILES string of the molecule is CC(=O)Nc1cc(NS(=O)(=O)c2cccc3cc(C)cnc23)ccc1Cl. The van der Waals surface area contributed by atoms with Gasteiger partial charge in [-0.05, 0) is 42.8 Å². The van der Waals surface area contributed by atoms with E-state index in [-0.39, 0.29) is 16.5 Å². The van der Waals surface area contributed by atoms with Gasteiger partial charge in [-0.15, -0.1) is 0 Å². The zero-order valence-corrected chi connectivity index (χ0v) is 15.6. The highest BCUT2D eigenvalue weighted by Gasteiger charge is 2.19. The molecule has 1 heterocycles. The van der Waals surface area contributed by atoms with E-state index in [2.05, 4.69) is 15.0 Å². The van der Waals surface area contributed by atoms with Gasteiger partial charge in [-0.3, -0.25) is 14.5 Å². The summed E-state index contributed by atoms with van der Waals surface area (Å²) in [5.41, 5.74) is 1.94. The maximum Gasteiger partial charge on any atom is 0.264 e. The second-order valence-electron chi connectivity index (χ2n) is 5.82. The summed E-state index contributed by atoms with van der Waals surface area (Å²) in [5.74, 6) is -0.305. The van der Waals surface area contributed by atoms with Crippen LogP contribution in [0, 0.1) is 6.92 Å². The van der Waals surface area contributed by atoms with Crippen LogP contribution in [-0.4, -0.2) is 19.3 Å². The number of nitrogens with zero attached hydrogens (tertiary/aromatic N) is 1. The Morgan fingerprint density at radius 1 is 1.15 bits per heavy atom. The summed E-state index contributed by atoms with van der Waals surface area (Å²) in [7, 11) is -3.88. The summed E-state index contributed by atoms with van der Waals surface area (Å²) in [6.45, 7) is 3.24. The molecule has 1 amide bonds. The first-order chi connectivity index (χ1) is 12.3. The molecule has 8 heteroatoms. The van der Waals surface area contributed by atoms with Crippen molar-refractivity contribution in [3.8, 4) is 0 Å². The highest BCUT2D eigenvalue weighted by molar-refractivity contribution is 7.93. The number of halogens is 1. The number of nitrogens with one attached hydrogen (secondary N) is 2. The molecule has 134 valence electrons. The molecule has 0 saturated heterocycles. The average Bonchev–Trinajstić information content (AvgIpc) is 2.56. The third kappa shape index (κ3) is 3.79. The lowest BCUT2D eigenvalue weighted by Gasteiger charge is -2.12. The monoisotopic (exact) mass is 389 g/mol. The van der Waals surface area contributed by atoms with E-state index in [0.29, 0.717) is 16.2 Å². The van der Waals surface area contributed by atoms with Crippen molar-refractivity contribution in [3.05, 3.63) is 59.2 Å². The molecule has 0 bridgehead atoms. The molecule has 26 heavy (non-hydrogen) atoms. The Morgan fingerprint density at radius 2 is 1.92 bits per heavy atom. The Hall–Kier alpha value is -2.64. The first-order valence-electron chi connectivity index (χ1n) is 7.71. The van der Waals surface area contributed by atoms with Gasteiger partial charge in [-0.1, -0.05) is 23.7 Å². The number of benzene rings is 2. The largest absolute Gasteiger partial charge is 0.325 e. The number of pyridine rings is 1. The number of carbonyl (C=O) groups excluding carboxylic acids is 1. The van der Waals surface area contributed by atoms with E-state index in [4.69, 9.17) is 11.6 Å². The van der Waals surface area contributed by atoms with Crippen LogP contribution in [0.1, 0.15) is 12.5 Å². The summed E-state index contributed by atoms with van der Waals surface area (Å²) in [4.78, 5) is 15.6. The van der Waals surface area contributed by atoms with Gasteiger partial charge >= 0.3 is 0 Å². The molecule has 0 spiro atoms. The number of aromatic nitrogens is 1. The molecule has 0 saturated carbocycles. The van der Waals surface area contributed by atoms with Crippen molar-refractivity contribution in [2.75, 3.05) is 10.0 Å². The third-order valence-electron chi connectivity index (χ3n) is 3.63. The van der Waals surface area contributed by atoms with Crippen molar-refractivity contribution < 1.29 is 13.2 Å². The molecule has 0 unspecified atom stereocenters. The van der Waals surface area contributed by atoms with Crippen LogP contribution in [0.25, 0.3) is 10.9 Å². The molecule has 0 fully saturated rings. The van der Waals surface area contributed by atoms with Crippen molar-refractivity contribution >= 4 is 49.8 Å². The summed E-state index contributed by atoms with van der Waals surface area (Å²) >= 11 is 6.02. The van der Waals surface area contributed by atoms with Crippen LogP contribution >= 0.6 is 11.6 Å². The number of amides is 1. The number of anilines is 2. The van der Waals surface area contributed by atoms with E-state index in [0.717, 1.165) is 10.9 Å². The van der Waals surface area contributed by atoms with Crippen molar-refractivity contribution in [3.63, 3.8) is 0 Å². The van der Waals surface area contributed by atoms with Crippen molar-refractivity contribution in [1.29, 1.82) is 0 Å². The second-order valence-corrected chi connectivity index (χ2v) is 7.88. The summed E-state index contributed by atoms with van der Waals surface area (Å²) in [6, 6.07) is 11.3. The van der Waals surface area contributed by atoms with Gasteiger partial charge in [0.05, 0.1) is 21.9 Å². The molecule has 0 aliphatic heterocycles. The number of carbonyl (C=O) groups is 1. The van der Waals surface area contributed by atoms with Crippen LogP contribution < -0.4 is 10.0 Å². The summed E-state index contributed by atoms with van der Waals surface area (Å²) < 4.78 is 28.2. The molecule has 2 aromatic carbocycles. The maximum atomic E-state index is 12.8. The van der Waals surface area contributed by atoms with E-state index >= 15 is 0 Å². The van der Waals surface area contributed by atoms with Crippen LogP contribution in [0.3, 0.4) is 0 Å². The minimum Gasteiger partial charge on any atom is -0.325 e. The molecule has 0 radical (unpaired) electrons. The zero-order valence-electron chi connectivity index (χ0n) is 14.1. The Kier molecular flexibility index (Phi) is 4.84. The lowest BCUT2D eigenvalue weighted by Crippen LogP contribution is -2.14. The standard InChI is InChI=1S/C18H16ClN3O3S/c1-11-8-13-4-3-5-17(18(13)20-10-11)26(24,25)22-14-6-7-15(19)16(9-14)21-12(2)23/h3-10,22H,1-2H3,(H,21,23).